The minimum atomic E-state index is -0.721. The number of rotatable bonds is 3. The summed E-state index contributed by atoms with van der Waals surface area (Å²) in [5.74, 6) is -1.81. The molecule has 8 nitrogen and oxygen atoms in total. The Bertz CT molecular complexity index is 757. The third-order valence-corrected chi connectivity index (χ3v) is 4.32. The minimum Gasteiger partial charge on any atom is -0.465 e. The van der Waals surface area contributed by atoms with Gasteiger partial charge in [-0.3, -0.25) is 19.7 Å². The van der Waals surface area contributed by atoms with E-state index in [1.165, 1.54) is 24.1 Å². The fraction of sp³-hybridized carbons (Fsp3) is 0.375. The monoisotopic (exact) mass is 332 g/mol. The van der Waals surface area contributed by atoms with Crippen LogP contribution in [0.4, 0.5) is 0 Å². The van der Waals surface area contributed by atoms with Gasteiger partial charge in [0.25, 0.3) is 5.91 Å². The number of ether oxygens (including phenoxy) is 1. The lowest BCUT2D eigenvalue weighted by molar-refractivity contribution is -0.136. The summed E-state index contributed by atoms with van der Waals surface area (Å²) in [4.78, 5) is 49.0. The molecule has 1 fully saturated rings. The molecular formula is C16H16N2O6. The number of aliphatic hydroxyl groups excluding tert-OH is 1. The van der Waals surface area contributed by atoms with Crippen LogP contribution in [0.3, 0.4) is 0 Å². The van der Waals surface area contributed by atoms with Gasteiger partial charge in [0.15, 0.2) is 0 Å². The third kappa shape index (κ3) is 2.54. The Balaban J connectivity index is 1.94. The van der Waals surface area contributed by atoms with Crippen molar-refractivity contribution in [2.24, 2.45) is 0 Å². The normalized spacial score (nSPS) is 20.0. The predicted molar refractivity (Wildman–Crippen MR) is 79.7 cm³/mol. The van der Waals surface area contributed by atoms with Crippen molar-refractivity contribution in [1.82, 2.24) is 10.2 Å². The second-order valence-electron chi connectivity index (χ2n) is 5.72. The number of hydrogen-bond acceptors (Lipinski definition) is 6. The number of aliphatic hydroxyl groups is 1. The summed E-state index contributed by atoms with van der Waals surface area (Å²) in [5, 5.41) is 11.7. The van der Waals surface area contributed by atoms with Gasteiger partial charge in [0.1, 0.15) is 6.04 Å². The number of carbonyl (C=O) groups excluding carboxylic acids is 4. The Labute approximate surface area is 137 Å². The average Bonchev–Trinajstić information content (AvgIpc) is 2.89. The van der Waals surface area contributed by atoms with Crippen LogP contribution in [-0.2, 0) is 27.5 Å². The molecule has 2 heterocycles. The van der Waals surface area contributed by atoms with E-state index >= 15 is 0 Å². The molecule has 0 radical (unpaired) electrons. The summed E-state index contributed by atoms with van der Waals surface area (Å²) in [6, 6.07) is 2.24. The lowest BCUT2D eigenvalue weighted by Gasteiger charge is -2.29. The molecule has 0 bridgehead atoms. The second kappa shape index (κ2) is 6.04. The fourth-order valence-electron chi connectivity index (χ4n) is 3.09. The molecule has 1 unspecified atom stereocenters. The first-order valence-electron chi connectivity index (χ1n) is 7.46. The van der Waals surface area contributed by atoms with Crippen LogP contribution in [0.5, 0.6) is 0 Å². The quantitative estimate of drug-likeness (QED) is 0.582. The molecule has 24 heavy (non-hydrogen) atoms. The van der Waals surface area contributed by atoms with E-state index in [0.29, 0.717) is 16.7 Å². The van der Waals surface area contributed by atoms with Crippen LogP contribution in [0.15, 0.2) is 12.1 Å². The van der Waals surface area contributed by atoms with Crippen LogP contribution in [0.1, 0.15) is 44.7 Å². The Kier molecular flexibility index (Phi) is 4.06. The van der Waals surface area contributed by atoms with E-state index in [4.69, 9.17) is 0 Å². The van der Waals surface area contributed by atoms with E-state index in [1.54, 1.807) is 0 Å². The van der Waals surface area contributed by atoms with E-state index in [9.17, 15) is 24.3 Å². The van der Waals surface area contributed by atoms with Gasteiger partial charge in [-0.25, -0.2) is 4.79 Å². The van der Waals surface area contributed by atoms with Crippen molar-refractivity contribution in [3.63, 3.8) is 0 Å². The van der Waals surface area contributed by atoms with Gasteiger partial charge in [-0.05, 0) is 29.7 Å². The zero-order chi connectivity index (χ0) is 17.4. The van der Waals surface area contributed by atoms with Gasteiger partial charge in [-0.2, -0.15) is 0 Å². The lowest BCUT2D eigenvalue weighted by Crippen LogP contribution is -2.52. The number of carbonyl (C=O) groups is 4. The number of methoxy groups -OCH3 is 1. The molecule has 126 valence electrons. The average molecular weight is 332 g/mol. The van der Waals surface area contributed by atoms with Crippen molar-refractivity contribution in [2.45, 2.75) is 32.0 Å². The number of hydrogen-bond donors (Lipinski definition) is 2. The predicted octanol–water partition coefficient (Wildman–Crippen LogP) is -0.274. The van der Waals surface area contributed by atoms with Crippen LogP contribution in [-0.4, -0.2) is 46.8 Å². The maximum absolute atomic E-state index is 12.6. The number of amides is 3. The zero-order valence-electron chi connectivity index (χ0n) is 13.0. The van der Waals surface area contributed by atoms with Crippen molar-refractivity contribution in [1.29, 1.82) is 0 Å². The van der Waals surface area contributed by atoms with Gasteiger partial charge in [-0.1, -0.05) is 0 Å². The number of piperidine rings is 1. The van der Waals surface area contributed by atoms with Gasteiger partial charge in [0.05, 0.1) is 19.3 Å². The third-order valence-electron chi connectivity index (χ3n) is 4.32. The molecule has 0 saturated carbocycles. The summed E-state index contributed by atoms with van der Waals surface area (Å²) < 4.78 is 4.69. The van der Waals surface area contributed by atoms with E-state index in [0.717, 1.165) is 0 Å². The minimum absolute atomic E-state index is 0.163. The first kappa shape index (κ1) is 16.1. The first-order valence-corrected chi connectivity index (χ1v) is 7.46. The maximum Gasteiger partial charge on any atom is 0.338 e. The van der Waals surface area contributed by atoms with Gasteiger partial charge in [-0.15, -0.1) is 0 Å². The molecule has 2 aliphatic heterocycles. The molecule has 1 aromatic carbocycles. The Morgan fingerprint density at radius 2 is 2.12 bits per heavy atom. The summed E-state index contributed by atoms with van der Waals surface area (Å²) in [7, 11) is 1.23. The smallest absolute Gasteiger partial charge is 0.338 e. The Morgan fingerprint density at radius 1 is 1.38 bits per heavy atom. The van der Waals surface area contributed by atoms with Crippen LogP contribution in [0.25, 0.3) is 0 Å². The number of benzene rings is 1. The topological polar surface area (TPSA) is 113 Å². The molecule has 1 saturated heterocycles. The highest BCUT2D eigenvalue weighted by Gasteiger charge is 2.39. The van der Waals surface area contributed by atoms with Gasteiger partial charge in [0, 0.05) is 18.5 Å². The summed E-state index contributed by atoms with van der Waals surface area (Å²) in [5.41, 5.74) is 1.41. The molecule has 0 aliphatic carbocycles. The van der Waals surface area contributed by atoms with Gasteiger partial charge in [0.2, 0.25) is 11.8 Å². The van der Waals surface area contributed by atoms with Crippen molar-refractivity contribution in [2.75, 3.05) is 7.11 Å². The van der Waals surface area contributed by atoms with Gasteiger partial charge >= 0.3 is 5.97 Å². The largest absolute Gasteiger partial charge is 0.465 e. The fourth-order valence-corrected chi connectivity index (χ4v) is 3.09. The molecule has 8 heteroatoms. The van der Waals surface area contributed by atoms with Crippen molar-refractivity contribution in [3.8, 4) is 0 Å². The molecule has 1 atom stereocenters. The molecule has 3 rings (SSSR count). The van der Waals surface area contributed by atoms with E-state index in [2.05, 4.69) is 10.1 Å². The SMILES string of the molecule is COC(=O)c1cc2c(cc1CO)C(=O)N(C1CCC(=O)NC1=O)C2. The lowest BCUT2D eigenvalue weighted by atomic mass is 10.00. The second-order valence-corrected chi connectivity index (χ2v) is 5.72. The first-order chi connectivity index (χ1) is 11.5. The van der Waals surface area contributed by atoms with Crippen LogP contribution in [0, 0.1) is 0 Å². The molecule has 2 aliphatic rings. The highest BCUT2D eigenvalue weighted by Crippen LogP contribution is 2.30. The highest BCUT2D eigenvalue weighted by atomic mass is 16.5. The summed E-state index contributed by atoms with van der Waals surface area (Å²) >= 11 is 0. The molecule has 1 aromatic rings. The standard InChI is InChI=1S/C16H16N2O6/c1-24-16(23)11-4-8-6-18(12-2-3-13(20)17-14(12)21)15(22)10(8)5-9(11)7-19/h4-5,12,19H,2-3,6-7H2,1H3,(H,17,20,21). The molecule has 0 aromatic heterocycles. The molecule has 3 amide bonds. The van der Waals surface area contributed by atoms with Crippen molar-refractivity contribution in [3.05, 3.63) is 34.4 Å². The Morgan fingerprint density at radius 3 is 2.75 bits per heavy atom. The number of nitrogens with one attached hydrogen (secondary N) is 1. The molecule has 0 spiro atoms. The highest BCUT2D eigenvalue weighted by molar-refractivity contribution is 6.06. The number of esters is 1. The van der Waals surface area contributed by atoms with E-state index in [1.807, 2.05) is 0 Å². The van der Waals surface area contributed by atoms with E-state index < -0.39 is 24.5 Å². The molecular weight excluding hydrogens is 316 g/mol. The number of fused-ring (bicyclic) bond motifs is 1. The zero-order valence-corrected chi connectivity index (χ0v) is 13.0. The molecule has 2 N–H and O–H groups in total. The van der Waals surface area contributed by atoms with Crippen LogP contribution in [0.2, 0.25) is 0 Å². The number of nitrogens with zero attached hydrogens (tertiary/aromatic N) is 1. The maximum atomic E-state index is 12.6. The van der Waals surface area contributed by atoms with Crippen LogP contribution >= 0.6 is 0 Å². The summed E-state index contributed by atoms with van der Waals surface area (Å²) in [6.07, 6.45) is 0.437. The number of imide groups is 1. The van der Waals surface area contributed by atoms with Gasteiger partial charge < -0.3 is 14.7 Å². The summed E-state index contributed by atoms with van der Waals surface area (Å²) in [6.45, 7) is -0.250. The van der Waals surface area contributed by atoms with E-state index in [-0.39, 0.29) is 36.8 Å². The Hall–Kier alpha value is -2.74. The van der Waals surface area contributed by atoms with Crippen molar-refractivity contribution < 1.29 is 29.0 Å². The van der Waals surface area contributed by atoms with Crippen molar-refractivity contribution >= 4 is 23.7 Å². The van der Waals surface area contributed by atoms with Crippen LogP contribution < -0.4 is 5.32 Å².